The van der Waals surface area contributed by atoms with E-state index in [0.717, 1.165) is 43.6 Å². The lowest BCUT2D eigenvalue weighted by Gasteiger charge is -2.20. The topological polar surface area (TPSA) is 114 Å². The Morgan fingerprint density at radius 3 is 1.77 bits per heavy atom. The summed E-state index contributed by atoms with van der Waals surface area (Å²) in [5.74, 6) is 0.0527. The van der Waals surface area contributed by atoms with Gasteiger partial charge in [-0.3, -0.25) is 19.2 Å². The molecule has 0 heterocycles. The molecule has 0 radical (unpaired) electrons. The van der Waals surface area contributed by atoms with E-state index >= 15 is 0 Å². The van der Waals surface area contributed by atoms with Crippen molar-refractivity contribution in [1.29, 1.82) is 0 Å². The summed E-state index contributed by atoms with van der Waals surface area (Å²) < 4.78 is 4.97. The number of hydrogen-bond acceptors (Lipinski definition) is 7. The zero-order valence-corrected chi connectivity index (χ0v) is 28.7. The van der Waals surface area contributed by atoms with Crippen molar-refractivity contribution in [3.05, 3.63) is 66.5 Å². The summed E-state index contributed by atoms with van der Waals surface area (Å²) in [7, 11) is 4.73. The third-order valence-corrected chi connectivity index (χ3v) is 8.19. The van der Waals surface area contributed by atoms with Gasteiger partial charge in [-0.1, -0.05) is 91.0 Å². The van der Waals surface area contributed by atoms with E-state index in [1.807, 2.05) is 12.2 Å². The van der Waals surface area contributed by atoms with Crippen LogP contribution in [0.25, 0.3) is 0 Å². The van der Waals surface area contributed by atoms with Crippen LogP contribution in [0.2, 0.25) is 0 Å². The number of Topliss-reactive ketones (excluding diaryl/α,β-unsaturated/α-hetero) is 1. The molecule has 3 amide bonds. The van der Waals surface area contributed by atoms with Crippen LogP contribution in [0, 0.1) is 5.41 Å². The minimum absolute atomic E-state index is 0.0240. The maximum Gasteiger partial charge on any atom is 0.288 e. The van der Waals surface area contributed by atoms with Crippen LogP contribution in [-0.2, 0) is 23.9 Å². The summed E-state index contributed by atoms with van der Waals surface area (Å²) in [6.45, 7) is 6.75. The van der Waals surface area contributed by atoms with E-state index in [0.29, 0.717) is 25.9 Å². The number of amides is 3. The van der Waals surface area contributed by atoms with Crippen LogP contribution in [0.1, 0.15) is 72.1 Å². The normalized spacial score (nSPS) is 11.7. The number of carbonyl (C=O) groups is 4. The van der Waals surface area contributed by atoms with Crippen molar-refractivity contribution in [1.82, 2.24) is 16.0 Å². The van der Waals surface area contributed by atoms with Crippen molar-refractivity contribution in [2.75, 3.05) is 44.9 Å². The Bertz CT molecular complexity index is 1010. The fourth-order valence-electron chi connectivity index (χ4n) is 3.44. The second-order valence-corrected chi connectivity index (χ2v) is 13.0. The van der Waals surface area contributed by atoms with Crippen molar-refractivity contribution in [3.63, 3.8) is 0 Å². The summed E-state index contributed by atoms with van der Waals surface area (Å²) in [6.07, 6.45) is 27.2. The fraction of sp³-hybridized carbons (Fsp3) is 0.559. The minimum atomic E-state index is -0.909. The highest BCUT2D eigenvalue weighted by Crippen LogP contribution is 2.19. The van der Waals surface area contributed by atoms with Gasteiger partial charge in [0.2, 0.25) is 17.6 Å². The Hall–Kier alpha value is -2.78. The van der Waals surface area contributed by atoms with E-state index < -0.39 is 17.1 Å². The van der Waals surface area contributed by atoms with Gasteiger partial charge in [0, 0.05) is 51.1 Å². The van der Waals surface area contributed by atoms with Gasteiger partial charge in [0.05, 0.1) is 12.0 Å². The molecule has 8 nitrogen and oxygen atoms in total. The molecule has 0 aliphatic heterocycles. The molecule has 0 aliphatic rings. The number of nitrogens with one attached hydrogen (secondary N) is 3. The minimum Gasteiger partial charge on any atom is -0.384 e. The Morgan fingerprint density at radius 2 is 1.23 bits per heavy atom. The number of methoxy groups -OCH3 is 1. The first-order valence-corrected chi connectivity index (χ1v) is 17.8. The Morgan fingerprint density at radius 1 is 0.705 bits per heavy atom. The van der Waals surface area contributed by atoms with E-state index in [1.54, 1.807) is 35.4 Å². The van der Waals surface area contributed by atoms with Gasteiger partial charge < -0.3 is 20.7 Å². The predicted molar refractivity (Wildman–Crippen MR) is 186 cm³/mol. The Kier molecular flexibility index (Phi) is 27.1. The van der Waals surface area contributed by atoms with Gasteiger partial charge in [-0.15, -0.1) is 5.73 Å². The largest absolute Gasteiger partial charge is 0.384 e. The van der Waals surface area contributed by atoms with E-state index in [9.17, 15) is 19.2 Å². The lowest BCUT2D eigenvalue weighted by atomic mass is 9.88. The molecular formula is C34H53N3O5S2. The highest BCUT2D eigenvalue weighted by atomic mass is 33.1. The lowest BCUT2D eigenvalue weighted by Crippen LogP contribution is -2.43. The van der Waals surface area contributed by atoms with Crippen LogP contribution in [0.3, 0.4) is 0 Å². The molecule has 0 aromatic rings. The van der Waals surface area contributed by atoms with Gasteiger partial charge in [0.15, 0.2) is 0 Å². The molecule has 0 unspecified atom stereocenters. The maximum absolute atomic E-state index is 12.1. The number of allylic oxidation sites excluding steroid dienone is 9. The van der Waals surface area contributed by atoms with Crippen LogP contribution >= 0.6 is 21.6 Å². The summed E-state index contributed by atoms with van der Waals surface area (Å²) in [5.41, 5.74) is 2.22. The number of ether oxygens (including phenoxy) is 1. The first-order valence-electron chi connectivity index (χ1n) is 15.3. The summed E-state index contributed by atoms with van der Waals surface area (Å²) >= 11 is 0. The van der Waals surface area contributed by atoms with Gasteiger partial charge in [-0.2, -0.15) is 0 Å². The molecule has 0 rings (SSSR count). The zero-order chi connectivity index (χ0) is 32.7. The molecule has 10 heteroatoms. The molecule has 0 saturated carbocycles. The number of carbonyl (C=O) groups excluding carboxylic acids is 4. The van der Waals surface area contributed by atoms with Crippen molar-refractivity contribution in [2.24, 2.45) is 5.41 Å². The average molecular weight is 648 g/mol. The van der Waals surface area contributed by atoms with Gasteiger partial charge in [-0.05, 0) is 50.7 Å². The summed E-state index contributed by atoms with van der Waals surface area (Å²) in [6, 6.07) is 0. The van der Waals surface area contributed by atoms with E-state index in [4.69, 9.17) is 4.74 Å². The molecular weight excluding hydrogens is 595 g/mol. The zero-order valence-electron chi connectivity index (χ0n) is 27.0. The van der Waals surface area contributed by atoms with Crippen LogP contribution in [0.5, 0.6) is 0 Å². The van der Waals surface area contributed by atoms with Gasteiger partial charge in [-0.25, -0.2) is 0 Å². The highest BCUT2D eigenvalue weighted by Gasteiger charge is 2.32. The monoisotopic (exact) mass is 647 g/mol. The molecule has 0 saturated heterocycles. The van der Waals surface area contributed by atoms with Gasteiger partial charge in [0.25, 0.3) is 5.91 Å². The average Bonchev–Trinajstić information content (AvgIpc) is 2.99. The smallest absolute Gasteiger partial charge is 0.288 e. The molecule has 0 aliphatic carbocycles. The third kappa shape index (κ3) is 25.7. The summed E-state index contributed by atoms with van der Waals surface area (Å²) in [4.78, 5) is 47.9. The summed E-state index contributed by atoms with van der Waals surface area (Å²) in [5, 5.41) is 8.19. The van der Waals surface area contributed by atoms with Crippen LogP contribution in [0.15, 0.2) is 66.5 Å². The molecule has 3 N–H and O–H groups in total. The third-order valence-electron chi connectivity index (χ3n) is 5.79. The standard InChI is InChI=1S/C34H53N3O5S2/c1-5-6-7-8-9-10-11-12-13-14-15-16-17-18-19-20-21-22-30(38)35-25-27-43-44-28-26-36-31(39)23-24-37-33(41)32(40)34(2,3)29-42-4/h6-7,9-10,12-13,15-16,18,20H,5,8,11,14,17,21-29H2,1-4H3,(H,35,38)(H,36,39)(H,37,41)/b7-6-,10-9-,13-12-,16-15-. The molecule has 246 valence electrons. The predicted octanol–water partition coefficient (Wildman–Crippen LogP) is 6.03. The first-order chi connectivity index (χ1) is 21.2. The SMILES string of the molecule is CC/C=C\C/C=C\C/C=C\C/C=C\CC=C=CCCC(=O)NCCSSCCNC(=O)CCNC(=O)C(=O)C(C)(C)COC. The number of rotatable bonds is 26. The van der Waals surface area contributed by atoms with Crippen molar-refractivity contribution >= 4 is 45.1 Å². The first kappa shape index (κ1) is 41.2. The van der Waals surface area contributed by atoms with Gasteiger partial charge in [0.1, 0.15) is 0 Å². The van der Waals surface area contributed by atoms with Crippen molar-refractivity contribution < 1.29 is 23.9 Å². The molecule has 0 spiro atoms. The lowest BCUT2D eigenvalue weighted by molar-refractivity contribution is -0.144. The highest BCUT2D eigenvalue weighted by molar-refractivity contribution is 8.76. The quantitative estimate of drug-likeness (QED) is 0.0345. The molecule has 0 aromatic heterocycles. The van der Waals surface area contributed by atoms with Crippen LogP contribution in [0.4, 0.5) is 0 Å². The second kappa shape index (κ2) is 29.0. The number of hydrogen-bond donors (Lipinski definition) is 3. The molecule has 0 fully saturated rings. The van der Waals surface area contributed by atoms with Crippen molar-refractivity contribution in [2.45, 2.75) is 72.1 Å². The number of ketones is 1. The van der Waals surface area contributed by atoms with Crippen LogP contribution < -0.4 is 16.0 Å². The Balaban J connectivity index is 3.70. The fourth-order valence-corrected chi connectivity index (χ4v) is 5.26. The molecule has 0 atom stereocenters. The Labute approximate surface area is 273 Å². The van der Waals surface area contributed by atoms with E-state index in [-0.39, 0.29) is 31.4 Å². The molecule has 0 aromatic carbocycles. The molecule has 44 heavy (non-hydrogen) atoms. The van der Waals surface area contributed by atoms with Crippen molar-refractivity contribution in [3.8, 4) is 0 Å². The van der Waals surface area contributed by atoms with Crippen LogP contribution in [-0.4, -0.2) is 68.4 Å². The molecule has 0 bridgehead atoms. The second-order valence-electron chi connectivity index (χ2n) is 10.3. The van der Waals surface area contributed by atoms with E-state index in [2.05, 4.69) is 77.2 Å². The maximum atomic E-state index is 12.1. The van der Waals surface area contributed by atoms with Gasteiger partial charge >= 0.3 is 0 Å². The van der Waals surface area contributed by atoms with E-state index in [1.165, 1.54) is 7.11 Å².